The number of carbonyl (C=O) groups is 2. The number of carboxylic acid groups (broad SMARTS) is 1. The van der Waals surface area contributed by atoms with Crippen molar-refractivity contribution in [2.45, 2.75) is 57.9 Å². The Hall–Kier alpha value is -1.47. The maximum absolute atomic E-state index is 13.0. The predicted octanol–water partition coefficient (Wildman–Crippen LogP) is 3.04. The molecule has 1 rings (SSSR count). The zero-order valence-electron chi connectivity index (χ0n) is 12.2. The Morgan fingerprint density at radius 3 is 2.24 bits per heavy atom. The van der Waals surface area contributed by atoms with Gasteiger partial charge in [-0.2, -0.15) is 13.2 Å². The van der Waals surface area contributed by atoms with Crippen molar-refractivity contribution in [1.82, 2.24) is 4.90 Å². The average molecular weight is 311 g/mol. The molecule has 5 nitrogen and oxygen atoms in total. The van der Waals surface area contributed by atoms with Crippen LogP contribution in [0.5, 0.6) is 0 Å². The Bertz CT molecular complexity index is 403. The molecular weight excluding hydrogens is 291 g/mol. The van der Waals surface area contributed by atoms with Crippen LogP contribution >= 0.6 is 0 Å². The van der Waals surface area contributed by atoms with E-state index in [0.29, 0.717) is 4.90 Å². The fraction of sp³-hybridized carbons (Fsp3) is 0.846. The summed E-state index contributed by atoms with van der Waals surface area (Å²) in [5, 5.41) is 8.75. The summed E-state index contributed by atoms with van der Waals surface area (Å²) >= 11 is 0. The summed E-state index contributed by atoms with van der Waals surface area (Å²) in [5.74, 6) is -1.58. The van der Waals surface area contributed by atoms with Gasteiger partial charge in [0.2, 0.25) is 0 Å². The van der Waals surface area contributed by atoms with Crippen molar-refractivity contribution in [3.63, 3.8) is 0 Å². The van der Waals surface area contributed by atoms with Crippen molar-refractivity contribution in [1.29, 1.82) is 0 Å². The van der Waals surface area contributed by atoms with E-state index in [2.05, 4.69) is 0 Å². The van der Waals surface area contributed by atoms with Crippen LogP contribution in [-0.2, 0) is 9.53 Å². The van der Waals surface area contributed by atoms with Gasteiger partial charge in [0, 0.05) is 13.0 Å². The quantitative estimate of drug-likeness (QED) is 0.851. The van der Waals surface area contributed by atoms with Crippen molar-refractivity contribution >= 4 is 12.1 Å². The molecule has 0 saturated carbocycles. The van der Waals surface area contributed by atoms with E-state index >= 15 is 0 Å². The number of carbonyl (C=O) groups excluding carboxylic acids is 1. The van der Waals surface area contributed by atoms with Gasteiger partial charge in [-0.1, -0.05) is 0 Å². The number of hydrogen-bond acceptors (Lipinski definition) is 3. The van der Waals surface area contributed by atoms with Gasteiger partial charge in [0.15, 0.2) is 0 Å². The van der Waals surface area contributed by atoms with Gasteiger partial charge in [-0.15, -0.1) is 0 Å². The van der Waals surface area contributed by atoms with Gasteiger partial charge in [0.1, 0.15) is 11.6 Å². The first kappa shape index (κ1) is 17.6. The van der Waals surface area contributed by atoms with E-state index in [0.717, 1.165) is 0 Å². The zero-order chi connectivity index (χ0) is 16.4. The van der Waals surface area contributed by atoms with E-state index in [1.165, 1.54) is 0 Å². The SMILES string of the molecule is CC(C)(C)OC(=O)N1C[C@@H](CC(=O)O)CC[C@H]1C(F)(F)F. The lowest BCUT2D eigenvalue weighted by atomic mass is 9.90. The van der Waals surface area contributed by atoms with E-state index in [1.807, 2.05) is 0 Å². The standard InChI is InChI=1S/C13H20F3NO4/c1-12(2,3)21-11(20)17-7-8(6-10(18)19)4-5-9(17)13(14,15)16/h8-9H,4-7H2,1-3H3,(H,18,19)/t8-,9+/m1/s1. The van der Waals surface area contributed by atoms with Crippen LogP contribution in [0, 0.1) is 5.92 Å². The normalized spacial score (nSPS) is 23.8. The van der Waals surface area contributed by atoms with Gasteiger partial charge in [-0.25, -0.2) is 4.79 Å². The molecule has 1 amide bonds. The smallest absolute Gasteiger partial charge is 0.410 e. The lowest BCUT2D eigenvalue weighted by Gasteiger charge is -2.40. The molecule has 0 aliphatic carbocycles. The molecule has 122 valence electrons. The number of nitrogens with zero attached hydrogens (tertiary/aromatic N) is 1. The number of aliphatic carboxylic acids is 1. The second kappa shape index (κ2) is 6.11. The van der Waals surface area contributed by atoms with Crippen LogP contribution in [0.15, 0.2) is 0 Å². The molecule has 1 N–H and O–H groups in total. The molecule has 1 heterocycles. The summed E-state index contributed by atoms with van der Waals surface area (Å²) in [6.45, 7) is 4.43. The number of ether oxygens (including phenoxy) is 1. The highest BCUT2D eigenvalue weighted by Gasteiger charge is 2.49. The summed E-state index contributed by atoms with van der Waals surface area (Å²) in [7, 11) is 0. The molecule has 0 aromatic heterocycles. The third-order valence-corrected chi connectivity index (χ3v) is 3.15. The second-order valence-corrected chi connectivity index (χ2v) is 6.23. The van der Waals surface area contributed by atoms with Crippen molar-refractivity contribution in [2.75, 3.05) is 6.54 Å². The molecule has 1 aliphatic heterocycles. The number of rotatable bonds is 2. The molecule has 0 aromatic rings. The van der Waals surface area contributed by atoms with Crippen LogP contribution in [0.3, 0.4) is 0 Å². The number of halogens is 3. The van der Waals surface area contributed by atoms with E-state index in [4.69, 9.17) is 9.84 Å². The molecule has 1 saturated heterocycles. The highest BCUT2D eigenvalue weighted by Crippen LogP contribution is 2.35. The van der Waals surface area contributed by atoms with Gasteiger partial charge in [-0.05, 0) is 39.5 Å². The fourth-order valence-corrected chi connectivity index (χ4v) is 2.32. The Morgan fingerprint density at radius 1 is 1.24 bits per heavy atom. The van der Waals surface area contributed by atoms with Gasteiger partial charge >= 0.3 is 18.2 Å². The van der Waals surface area contributed by atoms with Gasteiger partial charge in [0.25, 0.3) is 0 Å². The summed E-state index contributed by atoms with van der Waals surface area (Å²) in [6.07, 6.45) is -6.05. The first-order chi connectivity index (χ1) is 9.40. The first-order valence-corrected chi connectivity index (χ1v) is 6.68. The Kier molecular flexibility index (Phi) is 5.11. The minimum atomic E-state index is -4.55. The maximum Gasteiger partial charge on any atom is 0.410 e. The fourth-order valence-electron chi connectivity index (χ4n) is 2.32. The molecule has 1 aliphatic rings. The van der Waals surface area contributed by atoms with Crippen LogP contribution < -0.4 is 0 Å². The molecular formula is C13H20F3NO4. The van der Waals surface area contributed by atoms with Crippen LogP contribution in [0.25, 0.3) is 0 Å². The Morgan fingerprint density at radius 2 is 1.81 bits per heavy atom. The van der Waals surface area contributed by atoms with E-state index in [-0.39, 0.29) is 25.8 Å². The predicted molar refractivity (Wildman–Crippen MR) is 67.8 cm³/mol. The molecule has 0 spiro atoms. The van der Waals surface area contributed by atoms with Crippen molar-refractivity contribution in [2.24, 2.45) is 5.92 Å². The van der Waals surface area contributed by atoms with Crippen LogP contribution in [-0.4, -0.2) is 46.4 Å². The maximum atomic E-state index is 13.0. The third kappa shape index (κ3) is 5.43. The molecule has 1 fully saturated rings. The highest BCUT2D eigenvalue weighted by molar-refractivity contribution is 5.70. The van der Waals surface area contributed by atoms with Crippen LogP contribution in [0.4, 0.5) is 18.0 Å². The molecule has 0 bridgehead atoms. The summed E-state index contributed by atoms with van der Waals surface area (Å²) in [6, 6.07) is -1.92. The summed E-state index contributed by atoms with van der Waals surface area (Å²) in [5.41, 5.74) is -0.910. The Balaban J connectivity index is 2.88. The monoisotopic (exact) mass is 311 g/mol. The largest absolute Gasteiger partial charge is 0.481 e. The number of hydrogen-bond donors (Lipinski definition) is 1. The minimum absolute atomic E-state index is 0.121. The highest BCUT2D eigenvalue weighted by atomic mass is 19.4. The number of alkyl halides is 3. The minimum Gasteiger partial charge on any atom is -0.481 e. The lowest BCUT2D eigenvalue weighted by molar-refractivity contribution is -0.191. The van der Waals surface area contributed by atoms with Crippen molar-refractivity contribution in [3.05, 3.63) is 0 Å². The number of amides is 1. The van der Waals surface area contributed by atoms with Crippen LogP contribution in [0.1, 0.15) is 40.0 Å². The molecule has 8 heteroatoms. The van der Waals surface area contributed by atoms with Gasteiger partial charge < -0.3 is 9.84 Å². The van der Waals surface area contributed by atoms with Crippen LogP contribution in [0.2, 0.25) is 0 Å². The Labute approximate surface area is 121 Å². The summed E-state index contributed by atoms with van der Waals surface area (Å²) in [4.78, 5) is 23.3. The molecule has 21 heavy (non-hydrogen) atoms. The van der Waals surface area contributed by atoms with E-state index < -0.39 is 35.8 Å². The number of piperidine rings is 1. The van der Waals surface area contributed by atoms with Crippen molar-refractivity contribution < 1.29 is 32.6 Å². The van der Waals surface area contributed by atoms with Gasteiger partial charge in [0.05, 0.1) is 0 Å². The topological polar surface area (TPSA) is 66.8 Å². The van der Waals surface area contributed by atoms with Gasteiger partial charge in [-0.3, -0.25) is 9.69 Å². The first-order valence-electron chi connectivity index (χ1n) is 6.68. The lowest BCUT2D eigenvalue weighted by Crippen LogP contribution is -2.54. The zero-order valence-corrected chi connectivity index (χ0v) is 12.2. The number of carboxylic acids is 1. The number of likely N-dealkylation sites (tertiary alicyclic amines) is 1. The average Bonchev–Trinajstić information content (AvgIpc) is 2.24. The molecule has 0 radical (unpaired) electrons. The molecule has 2 atom stereocenters. The van der Waals surface area contributed by atoms with Crippen molar-refractivity contribution in [3.8, 4) is 0 Å². The molecule has 0 aromatic carbocycles. The van der Waals surface area contributed by atoms with E-state index in [1.54, 1.807) is 20.8 Å². The second-order valence-electron chi connectivity index (χ2n) is 6.23. The van der Waals surface area contributed by atoms with E-state index in [9.17, 15) is 22.8 Å². The summed E-state index contributed by atoms with van der Waals surface area (Å²) < 4.78 is 44.0. The third-order valence-electron chi connectivity index (χ3n) is 3.15. The molecule has 0 unspecified atom stereocenters.